The molecule has 1 N–H and O–H groups in total. The molecule has 2 atom stereocenters. The van der Waals surface area contributed by atoms with Crippen LogP contribution in [0.4, 0.5) is 0 Å². The Kier molecular flexibility index (Phi) is 3.80. The van der Waals surface area contributed by atoms with Crippen LogP contribution in [0.15, 0.2) is 0 Å². The molecule has 0 aromatic carbocycles. The highest BCUT2D eigenvalue weighted by Crippen LogP contribution is 2.42. The van der Waals surface area contributed by atoms with Crippen LogP contribution in [0.1, 0.15) is 53.9 Å². The Labute approximate surface area is 98.2 Å². The molecule has 0 aromatic rings. The fraction of sp³-hybridized carbons (Fsp3) is 0.923. The second-order valence-corrected chi connectivity index (χ2v) is 5.93. The molecule has 0 bridgehead atoms. The number of rotatable bonds is 4. The van der Waals surface area contributed by atoms with Crippen LogP contribution < -0.4 is 0 Å². The van der Waals surface area contributed by atoms with Gasteiger partial charge in [-0.2, -0.15) is 0 Å². The molecule has 0 aromatic heterocycles. The summed E-state index contributed by atoms with van der Waals surface area (Å²) in [5.74, 6) is -0.249. The maximum Gasteiger partial charge on any atom is 0.167 e. The molecular weight excluding hydrogens is 204 g/mol. The van der Waals surface area contributed by atoms with Gasteiger partial charge < -0.3 is 9.84 Å². The van der Waals surface area contributed by atoms with Gasteiger partial charge in [-0.15, -0.1) is 0 Å². The largest absolute Gasteiger partial charge is 0.385 e. The molecular formula is C13H24O3. The SMILES string of the molecule is CCCC(O)C(=O)C1CC(C)(C)OC1(C)C. The predicted octanol–water partition coefficient (Wildman–Crippen LogP) is 2.31. The number of hydrogen-bond acceptors (Lipinski definition) is 3. The first kappa shape index (κ1) is 13.7. The molecule has 1 aliphatic rings. The van der Waals surface area contributed by atoms with Crippen LogP contribution in [0.25, 0.3) is 0 Å². The summed E-state index contributed by atoms with van der Waals surface area (Å²) in [6.07, 6.45) is 1.24. The average Bonchev–Trinajstić information content (AvgIpc) is 2.33. The summed E-state index contributed by atoms with van der Waals surface area (Å²) >= 11 is 0. The lowest BCUT2D eigenvalue weighted by Gasteiger charge is -2.27. The summed E-state index contributed by atoms with van der Waals surface area (Å²) in [5.41, 5.74) is -0.731. The number of carbonyl (C=O) groups excluding carboxylic acids is 1. The number of ketones is 1. The molecule has 1 heterocycles. The highest BCUT2D eigenvalue weighted by Gasteiger charge is 2.50. The van der Waals surface area contributed by atoms with E-state index in [4.69, 9.17) is 4.74 Å². The van der Waals surface area contributed by atoms with Crippen molar-refractivity contribution in [2.24, 2.45) is 5.92 Å². The number of aliphatic hydroxyl groups excluding tert-OH is 1. The third-order valence-corrected chi connectivity index (χ3v) is 3.31. The van der Waals surface area contributed by atoms with Gasteiger partial charge in [0, 0.05) is 0 Å². The summed E-state index contributed by atoms with van der Waals surface area (Å²) in [7, 11) is 0. The minimum atomic E-state index is -0.827. The van der Waals surface area contributed by atoms with Gasteiger partial charge in [0.25, 0.3) is 0 Å². The van der Waals surface area contributed by atoms with Gasteiger partial charge in [-0.25, -0.2) is 0 Å². The van der Waals surface area contributed by atoms with Crippen molar-refractivity contribution in [2.45, 2.75) is 71.2 Å². The lowest BCUT2D eigenvalue weighted by atomic mass is 9.81. The molecule has 1 saturated heterocycles. The third-order valence-electron chi connectivity index (χ3n) is 3.31. The van der Waals surface area contributed by atoms with E-state index >= 15 is 0 Å². The number of ether oxygens (including phenoxy) is 1. The highest BCUT2D eigenvalue weighted by atomic mass is 16.5. The van der Waals surface area contributed by atoms with E-state index in [1.54, 1.807) is 0 Å². The van der Waals surface area contributed by atoms with Gasteiger partial charge in [0.1, 0.15) is 6.10 Å². The molecule has 1 rings (SSSR count). The minimum absolute atomic E-state index is 0.0579. The lowest BCUT2D eigenvalue weighted by molar-refractivity contribution is -0.137. The number of aliphatic hydroxyl groups is 1. The molecule has 1 aliphatic heterocycles. The van der Waals surface area contributed by atoms with E-state index in [1.165, 1.54) is 0 Å². The van der Waals surface area contributed by atoms with Gasteiger partial charge in [-0.3, -0.25) is 4.79 Å². The van der Waals surface area contributed by atoms with Crippen LogP contribution in [-0.2, 0) is 9.53 Å². The molecule has 0 radical (unpaired) electrons. The quantitative estimate of drug-likeness (QED) is 0.803. The standard InChI is InChI=1S/C13H24O3/c1-6-7-10(14)11(15)9-8-12(2,3)16-13(9,4)5/h9-10,14H,6-8H2,1-5H3. The summed E-state index contributed by atoms with van der Waals surface area (Å²) in [4.78, 5) is 12.1. The monoisotopic (exact) mass is 228 g/mol. The van der Waals surface area contributed by atoms with Crippen molar-refractivity contribution < 1.29 is 14.6 Å². The van der Waals surface area contributed by atoms with E-state index in [-0.39, 0.29) is 17.3 Å². The Morgan fingerprint density at radius 1 is 1.44 bits per heavy atom. The number of hydrogen-bond donors (Lipinski definition) is 1. The van der Waals surface area contributed by atoms with Crippen LogP contribution >= 0.6 is 0 Å². The third kappa shape index (κ3) is 2.83. The molecule has 3 nitrogen and oxygen atoms in total. The van der Waals surface area contributed by atoms with Crippen LogP contribution in [0.3, 0.4) is 0 Å². The van der Waals surface area contributed by atoms with Gasteiger partial charge in [-0.05, 0) is 40.5 Å². The van der Waals surface area contributed by atoms with Gasteiger partial charge in [0.05, 0.1) is 17.1 Å². The molecule has 94 valence electrons. The lowest BCUT2D eigenvalue weighted by Crippen LogP contribution is -2.38. The maximum atomic E-state index is 12.1. The summed E-state index contributed by atoms with van der Waals surface area (Å²) in [5, 5.41) is 9.78. The van der Waals surface area contributed by atoms with E-state index < -0.39 is 11.7 Å². The fourth-order valence-corrected chi connectivity index (χ4v) is 2.65. The van der Waals surface area contributed by atoms with Crippen molar-refractivity contribution in [3.8, 4) is 0 Å². The Balaban J connectivity index is 2.77. The maximum absolute atomic E-state index is 12.1. The summed E-state index contributed by atoms with van der Waals surface area (Å²) in [6.45, 7) is 9.82. The molecule has 16 heavy (non-hydrogen) atoms. The second kappa shape index (κ2) is 4.46. The van der Waals surface area contributed by atoms with Crippen LogP contribution in [0.5, 0.6) is 0 Å². The summed E-state index contributed by atoms with van der Waals surface area (Å²) in [6, 6.07) is 0. The minimum Gasteiger partial charge on any atom is -0.385 e. The van der Waals surface area contributed by atoms with Crippen molar-refractivity contribution in [1.82, 2.24) is 0 Å². The normalized spacial score (nSPS) is 29.0. The second-order valence-electron chi connectivity index (χ2n) is 5.93. The van der Waals surface area contributed by atoms with Gasteiger partial charge in [0.15, 0.2) is 5.78 Å². The van der Waals surface area contributed by atoms with E-state index in [0.717, 1.165) is 6.42 Å². The topological polar surface area (TPSA) is 46.5 Å². The molecule has 0 amide bonds. The molecule has 0 spiro atoms. The molecule has 0 saturated carbocycles. The van der Waals surface area contributed by atoms with Crippen LogP contribution in [0, 0.1) is 5.92 Å². The summed E-state index contributed by atoms with van der Waals surface area (Å²) < 4.78 is 5.87. The van der Waals surface area contributed by atoms with Crippen LogP contribution in [0.2, 0.25) is 0 Å². The van der Waals surface area contributed by atoms with Crippen molar-refractivity contribution in [1.29, 1.82) is 0 Å². The molecule has 0 aliphatic carbocycles. The first-order chi connectivity index (χ1) is 7.19. The number of carbonyl (C=O) groups is 1. The van der Waals surface area contributed by atoms with E-state index in [0.29, 0.717) is 12.8 Å². The Bertz CT molecular complexity index is 268. The van der Waals surface area contributed by atoms with Crippen molar-refractivity contribution >= 4 is 5.78 Å². The van der Waals surface area contributed by atoms with Gasteiger partial charge >= 0.3 is 0 Å². The zero-order chi connectivity index (χ0) is 12.6. The zero-order valence-corrected chi connectivity index (χ0v) is 11.0. The Morgan fingerprint density at radius 2 is 2.00 bits per heavy atom. The van der Waals surface area contributed by atoms with Crippen LogP contribution in [-0.4, -0.2) is 28.2 Å². The zero-order valence-electron chi connectivity index (χ0n) is 11.0. The van der Waals surface area contributed by atoms with Crippen molar-refractivity contribution in [3.05, 3.63) is 0 Å². The average molecular weight is 228 g/mol. The fourth-order valence-electron chi connectivity index (χ4n) is 2.65. The first-order valence-corrected chi connectivity index (χ1v) is 6.11. The molecule has 2 unspecified atom stereocenters. The highest BCUT2D eigenvalue weighted by molar-refractivity contribution is 5.86. The predicted molar refractivity (Wildman–Crippen MR) is 63.3 cm³/mol. The molecule has 1 fully saturated rings. The van der Waals surface area contributed by atoms with E-state index in [1.807, 2.05) is 34.6 Å². The van der Waals surface area contributed by atoms with E-state index in [9.17, 15) is 9.90 Å². The van der Waals surface area contributed by atoms with Crippen molar-refractivity contribution in [2.75, 3.05) is 0 Å². The first-order valence-electron chi connectivity index (χ1n) is 6.11. The van der Waals surface area contributed by atoms with Gasteiger partial charge in [-0.1, -0.05) is 13.3 Å². The van der Waals surface area contributed by atoms with Crippen molar-refractivity contribution in [3.63, 3.8) is 0 Å². The smallest absolute Gasteiger partial charge is 0.167 e. The van der Waals surface area contributed by atoms with E-state index in [2.05, 4.69) is 0 Å². The van der Waals surface area contributed by atoms with Gasteiger partial charge in [0.2, 0.25) is 0 Å². The Morgan fingerprint density at radius 3 is 2.38 bits per heavy atom. The number of Topliss-reactive ketones (excluding diaryl/α,β-unsaturated/α-hetero) is 1. The Hall–Kier alpha value is -0.410. The molecule has 3 heteroatoms.